The van der Waals surface area contributed by atoms with Crippen LogP contribution in [0.15, 0.2) is 54.3 Å². The number of aliphatic hydroxyl groups is 1. The number of aromatic nitrogens is 2. The molecule has 2 unspecified atom stereocenters. The van der Waals surface area contributed by atoms with Crippen LogP contribution in [-0.2, 0) is 5.60 Å². The summed E-state index contributed by atoms with van der Waals surface area (Å²) in [6.07, 6.45) is -0.656. The molecule has 0 saturated carbocycles. The van der Waals surface area contributed by atoms with Crippen LogP contribution in [0.4, 0.5) is 17.6 Å². The van der Waals surface area contributed by atoms with Gasteiger partial charge in [0.25, 0.3) is 6.43 Å². The fraction of sp³-hybridized carbons (Fsp3) is 0.176. The van der Waals surface area contributed by atoms with E-state index in [1.807, 2.05) is 0 Å². The summed E-state index contributed by atoms with van der Waals surface area (Å²) < 4.78 is 55.5. The zero-order valence-corrected chi connectivity index (χ0v) is 13.4. The minimum atomic E-state index is -3.36. The van der Waals surface area contributed by atoms with Gasteiger partial charge in [-0.3, -0.25) is 9.97 Å². The molecular formula is C17H12F4N2OS. The topological polar surface area (TPSA) is 46.0 Å². The van der Waals surface area contributed by atoms with Crippen LogP contribution in [-0.4, -0.2) is 21.5 Å². The zero-order chi connectivity index (χ0) is 18.0. The number of thiazole rings is 1. The van der Waals surface area contributed by atoms with Crippen LogP contribution in [0, 0.1) is 11.6 Å². The Balaban J connectivity index is 2.25. The van der Waals surface area contributed by atoms with Crippen molar-refractivity contribution in [2.45, 2.75) is 17.9 Å². The number of pyridine rings is 1. The number of hydrogen-bond acceptors (Lipinski definition) is 4. The molecule has 1 N–H and O–H groups in total. The predicted octanol–water partition coefficient (Wildman–Crippen LogP) is 4.10. The number of halogens is 4. The summed E-state index contributed by atoms with van der Waals surface area (Å²) in [7, 11) is 0. The van der Waals surface area contributed by atoms with Gasteiger partial charge in [-0.2, -0.15) is 0 Å². The maximum Gasteiger partial charge on any atom is 0.272 e. The van der Waals surface area contributed by atoms with E-state index >= 15 is 0 Å². The molecular weight excluding hydrogens is 356 g/mol. The normalized spacial score (nSPS) is 15.1. The van der Waals surface area contributed by atoms with E-state index in [4.69, 9.17) is 0 Å². The number of nitrogens with zero attached hydrogens (tertiary/aromatic N) is 2. The number of alkyl halides is 2. The molecule has 0 aliphatic carbocycles. The van der Waals surface area contributed by atoms with Gasteiger partial charge in [0, 0.05) is 28.9 Å². The number of hydrogen-bond donors (Lipinski definition) is 1. The van der Waals surface area contributed by atoms with Gasteiger partial charge >= 0.3 is 0 Å². The molecule has 3 aromatic rings. The second-order valence-electron chi connectivity index (χ2n) is 5.34. The summed E-state index contributed by atoms with van der Waals surface area (Å²) in [5.41, 5.74) is -2.11. The molecule has 25 heavy (non-hydrogen) atoms. The monoisotopic (exact) mass is 368 g/mol. The first-order valence-electron chi connectivity index (χ1n) is 7.20. The van der Waals surface area contributed by atoms with E-state index in [2.05, 4.69) is 9.97 Å². The summed E-state index contributed by atoms with van der Waals surface area (Å²) >= 11 is 1.03. The Kier molecular flexibility index (Phi) is 4.82. The van der Waals surface area contributed by atoms with Crippen molar-refractivity contribution in [3.8, 4) is 0 Å². The van der Waals surface area contributed by atoms with E-state index in [1.54, 1.807) is 12.1 Å². The molecule has 0 aliphatic heterocycles. The highest BCUT2D eigenvalue weighted by molar-refractivity contribution is 7.09. The minimum Gasteiger partial charge on any atom is -0.378 e. The van der Waals surface area contributed by atoms with E-state index in [-0.39, 0.29) is 10.6 Å². The van der Waals surface area contributed by atoms with Crippen molar-refractivity contribution in [2.75, 3.05) is 0 Å². The van der Waals surface area contributed by atoms with E-state index < -0.39 is 35.1 Å². The van der Waals surface area contributed by atoms with Crippen LogP contribution < -0.4 is 0 Å². The van der Waals surface area contributed by atoms with Gasteiger partial charge in [-0.05, 0) is 18.2 Å². The molecule has 8 heteroatoms. The fourth-order valence-corrected chi connectivity index (χ4v) is 3.52. The molecule has 0 amide bonds. The van der Waals surface area contributed by atoms with E-state index in [0.717, 1.165) is 23.5 Å². The predicted molar refractivity (Wildman–Crippen MR) is 84.5 cm³/mol. The Hall–Kier alpha value is -2.32. The zero-order valence-electron chi connectivity index (χ0n) is 12.6. The maximum absolute atomic E-state index is 14.3. The lowest BCUT2D eigenvalue weighted by molar-refractivity contribution is -0.114. The van der Waals surface area contributed by atoms with Crippen molar-refractivity contribution in [1.29, 1.82) is 0 Å². The lowest BCUT2D eigenvalue weighted by Crippen LogP contribution is -2.42. The third-order valence-corrected chi connectivity index (χ3v) is 4.70. The second-order valence-corrected chi connectivity index (χ2v) is 6.26. The quantitative estimate of drug-likeness (QED) is 0.690. The van der Waals surface area contributed by atoms with Crippen molar-refractivity contribution in [2.24, 2.45) is 0 Å². The molecule has 3 rings (SSSR count). The molecule has 2 atom stereocenters. The van der Waals surface area contributed by atoms with Crippen molar-refractivity contribution in [1.82, 2.24) is 9.97 Å². The molecule has 1 aromatic carbocycles. The summed E-state index contributed by atoms with van der Waals surface area (Å²) in [6, 6.07) is 6.74. The molecule has 0 saturated heterocycles. The van der Waals surface area contributed by atoms with Crippen molar-refractivity contribution in [3.63, 3.8) is 0 Å². The lowest BCUT2D eigenvalue weighted by Gasteiger charge is -2.35. The summed E-state index contributed by atoms with van der Waals surface area (Å²) in [4.78, 5) is 8.18. The molecule has 0 spiro atoms. The molecule has 0 fully saturated rings. The average Bonchev–Trinajstić information content (AvgIpc) is 3.09. The minimum absolute atomic E-state index is 0.123. The van der Waals surface area contributed by atoms with Crippen LogP contribution in [0.2, 0.25) is 0 Å². The average molecular weight is 368 g/mol. The van der Waals surface area contributed by atoms with E-state index in [9.17, 15) is 22.7 Å². The third kappa shape index (κ3) is 3.14. The van der Waals surface area contributed by atoms with Gasteiger partial charge in [-0.1, -0.05) is 12.1 Å². The van der Waals surface area contributed by atoms with Crippen LogP contribution in [0.3, 0.4) is 0 Å². The molecule has 3 nitrogen and oxygen atoms in total. The standard InChI is InChI=1S/C17H12F4N2OS/c18-10-4-5-11(12(19)7-10)17(24,16(20)21)15(14-8-22-9-25-14)13-3-1-2-6-23-13/h1-9,15-16,24H. The van der Waals surface area contributed by atoms with Crippen molar-refractivity contribution in [3.05, 3.63) is 82.1 Å². The Bertz CT molecular complexity index is 845. The first-order valence-corrected chi connectivity index (χ1v) is 8.08. The highest BCUT2D eigenvalue weighted by Gasteiger charge is 2.51. The third-order valence-electron chi connectivity index (χ3n) is 3.85. The van der Waals surface area contributed by atoms with Gasteiger partial charge in [0.2, 0.25) is 0 Å². The van der Waals surface area contributed by atoms with Crippen LogP contribution in [0.1, 0.15) is 22.1 Å². The molecule has 0 radical (unpaired) electrons. The first kappa shape index (κ1) is 17.5. The van der Waals surface area contributed by atoms with Gasteiger partial charge in [-0.15, -0.1) is 11.3 Å². The molecule has 2 heterocycles. The van der Waals surface area contributed by atoms with Gasteiger partial charge in [0.1, 0.15) is 11.6 Å². The van der Waals surface area contributed by atoms with Crippen LogP contribution >= 0.6 is 11.3 Å². The summed E-state index contributed by atoms with van der Waals surface area (Å²) in [6.45, 7) is 0. The number of benzene rings is 1. The van der Waals surface area contributed by atoms with Gasteiger partial charge < -0.3 is 5.11 Å². The van der Waals surface area contributed by atoms with Crippen molar-refractivity contribution < 1.29 is 22.7 Å². The van der Waals surface area contributed by atoms with E-state index in [0.29, 0.717) is 6.07 Å². The second kappa shape index (κ2) is 6.89. The molecule has 0 bridgehead atoms. The van der Waals surface area contributed by atoms with Gasteiger partial charge in [0.15, 0.2) is 5.60 Å². The van der Waals surface area contributed by atoms with Crippen LogP contribution in [0.5, 0.6) is 0 Å². The van der Waals surface area contributed by atoms with Gasteiger partial charge in [-0.25, -0.2) is 17.6 Å². The Morgan fingerprint density at radius 1 is 1.12 bits per heavy atom. The largest absolute Gasteiger partial charge is 0.378 e. The summed E-state index contributed by atoms with van der Waals surface area (Å²) in [5, 5.41) is 10.9. The molecule has 130 valence electrons. The highest BCUT2D eigenvalue weighted by Crippen LogP contribution is 2.46. The molecule has 2 aromatic heterocycles. The summed E-state index contributed by atoms with van der Waals surface area (Å²) in [5.74, 6) is -3.56. The lowest BCUT2D eigenvalue weighted by atomic mass is 9.78. The highest BCUT2D eigenvalue weighted by atomic mass is 32.1. The smallest absolute Gasteiger partial charge is 0.272 e. The van der Waals surface area contributed by atoms with Crippen LogP contribution in [0.25, 0.3) is 0 Å². The maximum atomic E-state index is 14.3. The van der Waals surface area contributed by atoms with Crippen molar-refractivity contribution >= 4 is 11.3 Å². The van der Waals surface area contributed by atoms with Gasteiger partial charge in [0.05, 0.1) is 17.1 Å². The SMILES string of the molecule is OC(c1ccc(F)cc1F)(C(F)F)C(c1ccccn1)c1cncs1. The Morgan fingerprint density at radius 3 is 2.48 bits per heavy atom. The first-order chi connectivity index (χ1) is 11.9. The Morgan fingerprint density at radius 2 is 1.92 bits per heavy atom. The van der Waals surface area contributed by atoms with E-state index in [1.165, 1.54) is 24.0 Å². The fourth-order valence-electron chi connectivity index (χ4n) is 2.72. The molecule has 0 aliphatic rings. The number of rotatable bonds is 5. The Labute approximate surface area is 144 Å².